The third-order valence-corrected chi connectivity index (χ3v) is 5.93. The first-order valence-corrected chi connectivity index (χ1v) is 9.91. The van der Waals surface area contributed by atoms with Gasteiger partial charge in [-0.15, -0.1) is 0 Å². The largest absolute Gasteiger partial charge is 0.386 e. The highest BCUT2D eigenvalue weighted by atomic mass is 35.5. The summed E-state index contributed by atoms with van der Waals surface area (Å²) in [5.74, 6) is -0.637. The molecule has 7 heteroatoms. The quantitative estimate of drug-likeness (QED) is 0.505. The molecule has 4 rings (SSSR count). The number of hydrogen-bond acceptors (Lipinski definition) is 4. The number of pyridine rings is 1. The molecule has 1 fully saturated rings. The summed E-state index contributed by atoms with van der Waals surface area (Å²) in [6.07, 6.45) is 2.44. The lowest BCUT2D eigenvalue weighted by atomic mass is 9.90. The summed E-state index contributed by atoms with van der Waals surface area (Å²) in [5, 5.41) is 14.4. The van der Waals surface area contributed by atoms with Gasteiger partial charge in [0, 0.05) is 35.9 Å². The van der Waals surface area contributed by atoms with E-state index in [1.54, 1.807) is 36.5 Å². The number of nitrogens with one attached hydrogen (secondary N) is 1. The van der Waals surface area contributed by atoms with E-state index in [1.165, 1.54) is 12.1 Å². The predicted molar refractivity (Wildman–Crippen MR) is 112 cm³/mol. The van der Waals surface area contributed by atoms with Crippen LogP contribution in [0.2, 0.25) is 0 Å². The fraction of sp³-hybridized carbons (Fsp3) is 0.273. The van der Waals surface area contributed by atoms with E-state index in [0.717, 1.165) is 16.6 Å². The van der Waals surface area contributed by atoms with E-state index in [-0.39, 0.29) is 11.7 Å². The Morgan fingerprint density at radius 2 is 1.90 bits per heavy atom. The van der Waals surface area contributed by atoms with Crippen molar-refractivity contribution >= 4 is 34.1 Å². The highest BCUT2D eigenvalue weighted by Crippen LogP contribution is 2.33. The van der Waals surface area contributed by atoms with Crippen molar-refractivity contribution in [1.82, 2.24) is 10.3 Å². The molecule has 1 saturated heterocycles. The van der Waals surface area contributed by atoms with Crippen molar-refractivity contribution in [2.75, 3.05) is 18.0 Å². The molecule has 1 aliphatic heterocycles. The number of halogens is 2. The summed E-state index contributed by atoms with van der Waals surface area (Å²) >= 11 is 6.40. The van der Waals surface area contributed by atoms with Gasteiger partial charge in [0.1, 0.15) is 16.9 Å². The predicted octanol–water partition coefficient (Wildman–Crippen LogP) is 3.70. The zero-order valence-corrected chi connectivity index (χ0v) is 16.4. The molecule has 0 bridgehead atoms. The van der Waals surface area contributed by atoms with Crippen LogP contribution < -0.4 is 10.2 Å². The van der Waals surface area contributed by atoms with Crippen molar-refractivity contribution in [3.05, 3.63) is 72.2 Å². The standard InChI is InChI=1S/C22H21ClFN3O2/c23-21(26-20(28)15-4-2-1-3-5-15)22(29)9-12-27(13-10-22)19-8-11-25-18-7-6-16(24)14-17(18)19/h1-8,11,14,21,29H,9-10,12-13H2,(H,26,28). The van der Waals surface area contributed by atoms with Crippen molar-refractivity contribution in [2.24, 2.45) is 0 Å². The molecule has 1 atom stereocenters. The van der Waals surface area contributed by atoms with E-state index in [2.05, 4.69) is 15.2 Å². The molecule has 1 aromatic heterocycles. The summed E-state index contributed by atoms with van der Waals surface area (Å²) in [4.78, 5) is 18.7. The van der Waals surface area contributed by atoms with Crippen LogP contribution in [-0.4, -0.2) is 40.2 Å². The number of carbonyl (C=O) groups excluding carboxylic acids is 1. The molecule has 3 aromatic rings. The Hall–Kier alpha value is -2.70. The van der Waals surface area contributed by atoms with Gasteiger partial charge in [0.15, 0.2) is 0 Å². The molecule has 1 amide bonds. The van der Waals surface area contributed by atoms with Crippen molar-refractivity contribution in [1.29, 1.82) is 0 Å². The number of anilines is 1. The number of hydrogen-bond donors (Lipinski definition) is 2. The summed E-state index contributed by atoms with van der Waals surface area (Å²) < 4.78 is 13.7. The van der Waals surface area contributed by atoms with Gasteiger partial charge in [-0.05, 0) is 49.2 Å². The number of amides is 1. The number of piperidine rings is 1. The van der Waals surface area contributed by atoms with Gasteiger partial charge >= 0.3 is 0 Å². The maximum atomic E-state index is 13.7. The number of fused-ring (bicyclic) bond motifs is 1. The van der Waals surface area contributed by atoms with Crippen LogP contribution in [0.3, 0.4) is 0 Å². The monoisotopic (exact) mass is 413 g/mol. The number of nitrogens with zero attached hydrogens (tertiary/aromatic N) is 2. The second kappa shape index (κ2) is 7.97. The van der Waals surface area contributed by atoms with E-state index >= 15 is 0 Å². The first-order chi connectivity index (χ1) is 14.0. The van der Waals surface area contributed by atoms with Gasteiger partial charge in [0.05, 0.1) is 5.52 Å². The maximum absolute atomic E-state index is 13.7. The molecule has 5 nitrogen and oxygen atoms in total. The molecule has 2 heterocycles. The van der Waals surface area contributed by atoms with Crippen molar-refractivity contribution in [3.8, 4) is 0 Å². The fourth-order valence-corrected chi connectivity index (χ4v) is 4.01. The topological polar surface area (TPSA) is 65.5 Å². The zero-order chi connectivity index (χ0) is 20.4. The Morgan fingerprint density at radius 3 is 2.62 bits per heavy atom. The first-order valence-electron chi connectivity index (χ1n) is 9.48. The second-order valence-corrected chi connectivity index (χ2v) is 7.72. The van der Waals surface area contributed by atoms with Crippen LogP contribution in [0.1, 0.15) is 23.2 Å². The van der Waals surface area contributed by atoms with E-state index in [4.69, 9.17) is 11.6 Å². The lowest BCUT2D eigenvalue weighted by molar-refractivity contribution is 0.00440. The average Bonchev–Trinajstić information content (AvgIpc) is 2.74. The molecule has 0 saturated carbocycles. The summed E-state index contributed by atoms with van der Waals surface area (Å²) in [6, 6.07) is 15.1. The molecule has 1 aliphatic rings. The van der Waals surface area contributed by atoms with Crippen molar-refractivity contribution in [3.63, 3.8) is 0 Å². The Balaban J connectivity index is 1.46. The van der Waals surface area contributed by atoms with Gasteiger partial charge in [-0.2, -0.15) is 0 Å². The Labute approximate surface area is 173 Å². The first kappa shape index (κ1) is 19.6. The number of aliphatic hydroxyl groups is 1. The van der Waals surface area contributed by atoms with E-state index < -0.39 is 11.1 Å². The molecule has 1 unspecified atom stereocenters. The fourth-order valence-electron chi connectivity index (χ4n) is 3.69. The number of benzene rings is 2. The zero-order valence-electron chi connectivity index (χ0n) is 15.7. The van der Waals surface area contributed by atoms with Crippen LogP contribution in [0.15, 0.2) is 60.8 Å². The summed E-state index contributed by atoms with van der Waals surface area (Å²) in [5.41, 5.74) is -0.0594. The van der Waals surface area contributed by atoms with Gasteiger partial charge in [-0.1, -0.05) is 29.8 Å². The van der Waals surface area contributed by atoms with E-state index in [0.29, 0.717) is 31.5 Å². The molecule has 29 heavy (non-hydrogen) atoms. The third kappa shape index (κ3) is 4.04. The minimum Gasteiger partial charge on any atom is -0.386 e. The van der Waals surface area contributed by atoms with Crippen molar-refractivity contribution < 1.29 is 14.3 Å². The van der Waals surface area contributed by atoms with Crippen LogP contribution in [0, 0.1) is 5.82 Å². The molecule has 0 radical (unpaired) electrons. The Morgan fingerprint density at radius 1 is 1.17 bits per heavy atom. The molecule has 0 spiro atoms. The number of rotatable bonds is 4. The van der Waals surface area contributed by atoms with Gasteiger partial charge in [-0.25, -0.2) is 4.39 Å². The van der Waals surface area contributed by atoms with Gasteiger partial charge < -0.3 is 15.3 Å². The lowest BCUT2D eigenvalue weighted by Gasteiger charge is -2.42. The highest BCUT2D eigenvalue weighted by molar-refractivity contribution is 6.22. The van der Waals surface area contributed by atoms with Crippen LogP contribution >= 0.6 is 11.6 Å². The molecular formula is C22H21ClFN3O2. The van der Waals surface area contributed by atoms with Crippen LogP contribution in [0.5, 0.6) is 0 Å². The Bertz CT molecular complexity index is 1020. The Kier molecular flexibility index (Phi) is 5.39. The number of alkyl halides is 1. The van der Waals surface area contributed by atoms with Gasteiger partial charge in [0.2, 0.25) is 0 Å². The molecule has 0 aliphatic carbocycles. The van der Waals surface area contributed by atoms with E-state index in [9.17, 15) is 14.3 Å². The van der Waals surface area contributed by atoms with Crippen molar-refractivity contribution in [2.45, 2.75) is 23.9 Å². The average molecular weight is 414 g/mol. The second-order valence-electron chi connectivity index (χ2n) is 7.28. The summed E-state index contributed by atoms with van der Waals surface area (Å²) in [6.45, 7) is 1.05. The van der Waals surface area contributed by atoms with Crippen LogP contribution in [0.25, 0.3) is 10.9 Å². The number of carbonyl (C=O) groups is 1. The molecule has 150 valence electrons. The lowest BCUT2D eigenvalue weighted by Crippen LogP contribution is -2.55. The maximum Gasteiger partial charge on any atom is 0.252 e. The van der Waals surface area contributed by atoms with Gasteiger partial charge in [0.25, 0.3) is 5.91 Å². The summed E-state index contributed by atoms with van der Waals surface area (Å²) in [7, 11) is 0. The minimum atomic E-state index is -1.23. The number of aromatic nitrogens is 1. The molecular weight excluding hydrogens is 393 g/mol. The third-order valence-electron chi connectivity index (χ3n) is 5.42. The van der Waals surface area contributed by atoms with Crippen LogP contribution in [0.4, 0.5) is 10.1 Å². The van der Waals surface area contributed by atoms with E-state index in [1.807, 2.05) is 12.1 Å². The van der Waals surface area contributed by atoms with Crippen LogP contribution in [-0.2, 0) is 0 Å². The minimum absolute atomic E-state index is 0.315. The SMILES string of the molecule is O=C(NC(Cl)C1(O)CCN(c2ccnc3ccc(F)cc23)CC1)c1ccccc1. The molecule has 2 N–H and O–H groups in total. The smallest absolute Gasteiger partial charge is 0.252 e. The molecule has 2 aromatic carbocycles. The highest BCUT2D eigenvalue weighted by Gasteiger charge is 2.40. The normalized spacial score (nSPS) is 17.1. The van der Waals surface area contributed by atoms with Gasteiger partial charge in [-0.3, -0.25) is 9.78 Å².